The van der Waals surface area contributed by atoms with Gasteiger partial charge in [-0.3, -0.25) is 0 Å². The number of aliphatic hydroxyl groups is 1. The van der Waals surface area contributed by atoms with Crippen LogP contribution in [0.4, 0.5) is 5.82 Å². The van der Waals surface area contributed by atoms with Gasteiger partial charge < -0.3 is 15.1 Å². The molecule has 6 nitrogen and oxygen atoms in total. The predicted octanol–water partition coefficient (Wildman–Crippen LogP) is 1.31. The van der Waals surface area contributed by atoms with Gasteiger partial charge >= 0.3 is 5.97 Å². The molecule has 1 fully saturated rings. The van der Waals surface area contributed by atoms with Gasteiger partial charge in [0.25, 0.3) is 0 Å². The van der Waals surface area contributed by atoms with Crippen molar-refractivity contribution in [3.8, 4) is 0 Å². The second-order valence-corrected chi connectivity index (χ2v) is 4.77. The van der Waals surface area contributed by atoms with Crippen LogP contribution in [0.2, 0.25) is 0 Å². The third kappa shape index (κ3) is 3.41. The zero-order chi connectivity index (χ0) is 13.7. The van der Waals surface area contributed by atoms with Gasteiger partial charge in [0.05, 0.1) is 19.0 Å². The Morgan fingerprint density at radius 3 is 2.53 bits per heavy atom. The first kappa shape index (κ1) is 13.7. The van der Waals surface area contributed by atoms with Crippen molar-refractivity contribution in [3.05, 3.63) is 18.1 Å². The SMILES string of the molecule is O=C(O)c1cnc(N(CCO)C2CCCCC2)cn1. The van der Waals surface area contributed by atoms with E-state index in [4.69, 9.17) is 5.11 Å². The van der Waals surface area contributed by atoms with Gasteiger partial charge in [-0.25, -0.2) is 14.8 Å². The van der Waals surface area contributed by atoms with Crippen molar-refractivity contribution in [3.63, 3.8) is 0 Å². The van der Waals surface area contributed by atoms with Crippen molar-refractivity contribution in [1.29, 1.82) is 0 Å². The third-order valence-corrected chi connectivity index (χ3v) is 3.51. The maximum absolute atomic E-state index is 10.8. The highest BCUT2D eigenvalue weighted by Crippen LogP contribution is 2.25. The molecule has 0 atom stereocenters. The van der Waals surface area contributed by atoms with Gasteiger partial charge in [-0.15, -0.1) is 0 Å². The van der Waals surface area contributed by atoms with Crippen LogP contribution < -0.4 is 4.90 Å². The second-order valence-electron chi connectivity index (χ2n) is 4.77. The Kier molecular flexibility index (Phi) is 4.68. The number of anilines is 1. The number of nitrogens with zero attached hydrogens (tertiary/aromatic N) is 3. The van der Waals surface area contributed by atoms with E-state index in [9.17, 15) is 9.90 Å². The third-order valence-electron chi connectivity index (χ3n) is 3.51. The van der Waals surface area contributed by atoms with Crippen molar-refractivity contribution in [2.45, 2.75) is 38.1 Å². The summed E-state index contributed by atoms with van der Waals surface area (Å²) in [6, 6.07) is 0.367. The zero-order valence-corrected chi connectivity index (χ0v) is 10.8. The van der Waals surface area contributed by atoms with Gasteiger partial charge in [-0.05, 0) is 12.8 Å². The van der Waals surface area contributed by atoms with Crippen molar-refractivity contribution in [2.24, 2.45) is 0 Å². The number of aromatic carboxylic acids is 1. The van der Waals surface area contributed by atoms with Crippen LogP contribution >= 0.6 is 0 Å². The van der Waals surface area contributed by atoms with E-state index in [1.165, 1.54) is 31.7 Å². The Morgan fingerprint density at radius 2 is 2.00 bits per heavy atom. The fraction of sp³-hybridized carbons (Fsp3) is 0.615. The lowest BCUT2D eigenvalue weighted by atomic mass is 9.94. The molecule has 0 unspecified atom stereocenters. The molecule has 6 heteroatoms. The summed E-state index contributed by atoms with van der Waals surface area (Å²) in [5, 5.41) is 18.0. The van der Waals surface area contributed by atoms with Crippen LogP contribution in [0.3, 0.4) is 0 Å². The molecule has 1 aliphatic rings. The fourth-order valence-corrected chi connectivity index (χ4v) is 2.56. The number of hydrogen-bond acceptors (Lipinski definition) is 5. The van der Waals surface area contributed by atoms with Gasteiger partial charge in [0.1, 0.15) is 5.82 Å². The first-order valence-electron chi connectivity index (χ1n) is 6.65. The summed E-state index contributed by atoms with van der Waals surface area (Å²) in [6.07, 6.45) is 8.55. The summed E-state index contributed by atoms with van der Waals surface area (Å²) in [5.41, 5.74) is -0.0589. The largest absolute Gasteiger partial charge is 0.476 e. The molecular weight excluding hydrogens is 246 g/mol. The minimum atomic E-state index is -1.08. The summed E-state index contributed by atoms with van der Waals surface area (Å²) >= 11 is 0. The minimum Gasteiger partial charge on any atom is -0.476 e. The summed E-state index contributed by atoms with van der Waals surface area (Å²) in [7, 11) is 0. The maximum atomic E-state index is 10.8. The van der Waals surface area contributed by atoms with E-state index >= 15 is 0 Å². The number of hydrogen-bond donors (Lipinski definition) is 2. The topological polar surface area (TPSA) is 86.5 Å². The van der Waals surface area contributed by atoms with Crippen LogP contribution in [-0.4, -0.2) is 45.3 Å². The molecule has 104 valence electrons. The Morgan fingerprint density at radius 1 is 1.26 bits per heavy atom. The van der Waals surface area contributed by atoms with Crippen molar-refractivity contribution in [2.75, 3.05) is 18.1 Å². The predicted molar refractivity (Wildman–Crippen MR) is 70.3 cm³/mol. The van der Waals surface area contributed by atoms with E-state index in [1.807, 2.05) is 4.90 Å². The molecule has 1 aliphatic carbocycles. The number of aromatic nitrogens is 2. The number of aliphatic hydroxyl groups excluding tert-OH is 1. The first-order chi connectivity index (χ1) is 9.22. The van der Waals surface area contributed by atoms with Crippen LogP contribution in [0, 0.1) is 0 Å². The highest BCUT2D eigenvalue weighted by molar-refractivity contribution is 5.84. The molecule has 0 aliphatic heterocycles. The second kappa shape index (κ2) is 6.47. The van der Waals surface area contributed by atoms with Crippen LogP contribution in [0.1, 0.15) is 42.6 Å². The maximum Gasteiger partial charge on any atom is 0.356 e. The molecular formula is C13H19N3O3. The van der Waals surface area contributed by atoms with Crippen molar-refractivity contribution >= 4 is 11.8 Å². The molecule has 1 aromatic rings. The number of carbonyl (C=O) groups is 1. The summed E-state index contributed by atoms with van der Waals surface area (Å²) < 4.78 is 0. The highest BCUT2D eigenvalue weighted by Gasteiger charge is 2.22. The Balaban J connectivity index is 2.15. The molecule has 0 saturated heterocycles. The summed E-state index contributed by atoms with van der Waals surface area (Å²) in [5.74, 6) is -0.434. The monoisotopic (exact) mass is 265 g/mol. The first-order valence-corrected chi connectivity index (χ1v) is 6.65. The smallest absolute Gasteiger partial charge is 0.356 e. The Bertz CT molecular complexity index is 416. The van der Waals surface area contributed by atoms with E-state index in [0.717, 1.165) is 12.8 Å². The van der Waals surface area contributed by atoms with Crippen LogP contribution in [0.5, 0.6) is 0 Å². The Labute approximate surface area is 112 Å². The van der Waals surface area contributed by atoms with Gasteiger partial charge in [0, 0.05) is 12.6 Å². The standard InChI is InChI=1S/C13H19N3O3/c17-7-6-16(10-4-2-1-3-5-10)12-9-14-11(8-15-12)13(18)19/h8-10,17H,1-7H2,(H,18,19). The van der Waals surface area contributed by atoms with E-state index in [2.05, 4.69) is 9.97 Å². The number of carboxylic acid groups (broad SMARTS) is 1. The molecule has 0 bridgehead atoms. The highest BCUT2D eigenvalue weighted by atomic mass is 16.4. The van der Waals surface area contributed by atoms with Crippen LogP contribution in [-0.2, 0) is 0 Å². The van der Waals surface area contributed by atoms with E-state index in [-0.39, 0.29) is 12.3 Å². The van der Waals surface area contributed by atoms with Crippen molar-refractivity contribution < 1.29 is 15.0 Å². The van der Waals surface area contributed by atoms with Gasteiger partial charge in [0.2, 0.25) is 0 Å². The quantitative estimate of drug-likeness (QED) is 0.834. The molecule has 2 rings (SSSR count). The van der Waals surface area contributed by atoms with E-state index in [1.54, 1.807) is 0 Å². The molecule has 19 heavy (non-hydrogen) atoms. The molecule has 0 radical (unpaired) electrons. The lowest BCUT2D eigenvalue weighted by Crippen LogP contribution is -2.39. The molecule has 1 saturated carbocycles. The fourth-order valence-electron chi connectivity index (χ4n) is 2.56. The Hall–Kier alpha value is -1.69. The molecule has 1 heterocycles. The minimum absolute atomic E-state index is 0.0544. The summed E-state index contributed by atoms with van der Waals surface area (Å²) in [6.45, 7) is 0.560. The summed E-state index contributed by atoms with van der Waals surface area (Å²) in [4.78, 5) is 20.8. The van der Waals surface area contributed by atoms with Crippen molar-refractivity contribution in [1.82, 2.24) is 9.97 Å². The average Bonchev–Trinajstić information content (AvgIpc) is 2.46. The number of rotatable bonds is 5. The van der Waals surface area contributed by atoms with Crippen LogP contribution in [0.25, 0.3) is 0 Å². The zero-order valence-electron chi connectivity index (χ0n) is 10.8. The van der Waals surface area contributed by atoms with Gasteiger partial charge in [0.15, 0.2) is 5.69 Å². The van der Waals surface area contributed by atoms with Crippen LogP contribution in [0.15, 0.2) is 12.4 Å². The lowest BCUT2D eigenvalue weighted by molar-refractivity contribution is 0.0690. The van der Waals surface area contributed by atoms with E-state index in [0.29, 0.717) is 18.4 Å². The lowest BCUT2D eigenvalue weighted by Gasteiger charge is -2.34. The van der Waals surface area contributed by atoms with E-state index < -0.39 is 5.97 Å². The molecule has 1 aromatic heterocycles. The molecule has 0 amide bonds. The molecule has 2 N–H and O–H groups in total. The molecule has 0 spiro atoms. The number of carboxylic acids is 1. The average molecular weight is 265 g/mol. The normalized spacial score (nSPS) is 16.3. The molecule has 0 aromatic carbocycles. The van der Waals surface area contributed by atoms with Gasteiger partial charge in [-0.2, -0.15) is 0 Å². The van der Waals surface area contributed by atoms with Gasteiger partial charge in [-0.1, -0.05) is 19.3 Å².